The molecule has 0 aliphatic rings. The number of nitrogens with two attached hydrogens (primary N) is 2. The van der Waals surface area contributed by atoms with Crippen molar-refractivity contribution in [1.29, 1.82) is 0 Å². The van der Waals surface area contributed by atoms with E-state index >= 15 is 0 Å². The number of ether oxygens (including phenoxy) is 1. The number of methoxy groups -OCH3 is 1. The molecule has 11 N–H and O–H groups in total. The summed E-state index contributed by atoms with van der Waals surface area (Å²) in [5.41, 5.74) is 13.3. The van der Waals surface area contributed by atoms with Gasteiger partial charge in [0.05, 0.1) is 12.1 Å². The third-order valence-corrected chi connectivity index (χ3v) is 8.62. The van der Waals surface area contributed by atoms with E-state index in [9.17, 15) is 38.7 Å². The Hall–Kier alpha value is -4.94. The highest BCUT2D eigenvalue weighted by Gasteiger charge is 2.33. The standard InChI is InChI=1S/C37H53ClN8O9/c1-21(31(48)37(54)41-18-7-19-55-4)42-34(51)28(8-5-6-17-39)44-32(49)22(2)43-36(53)30(23(3)47)46-35(52)29(20-40)45-33(50)26-11-9-24(10-12-26)25-13-15-27(38)16-14-25/h9-16,21-23,28-30,47H,5-8,17-20,39-40H2,1-4H3,(H,41,54)(H,42,51)(H,43,53)(H,44,49)(H,45,50)(H,46,52)/t21-,22-,23+,28-,29-,30-/m0/s1. The molecule has 2 aromatic rings. The van der Waals surface area contributed by atoms with Gasteiger partial charge >= 0.3 is 0 Å². The van der Waals surface area contributed by atoms with Crippen molar-refractivity contribution < 1.29 is 43.4 Å². The molecule has 17 nitrogen and oxygen atoms in total. The van der Waals surface area contributed by atoms with Crippen LogP contribution in [0.1, 0.15) is 56.8 Å². The molecule has 0 radical (unpaired) electrons. The van der Waals surface area contributed by atoms with E-state index < -0.39 is 77.5 Å². The molecule has 0 heterocycles. The normalized spacial score (nSPS) is 14.2. The van der Waals surface area contributed by atoms with Gasteiger partial charge in [0.1, 0.15) is 24.2 Å². The van der Waals surface area contributed by atoms with Crippen LogP contribution in [0.5, 0.6) is 0 Å². The number of carbonyl (C=O) groups is 7. The van der Waals surface area contributed by atoms with Crippen LogP contribution in [-0.2, 0) is 33.5 Å². The highest BCUT2D eigenvalue weighted by molar-refractivity contribution is 6.38. The van der Waals surface area contributed by atoms with E-state index in [4.69, 9.17) is 27.8 Å². The maximum atomic E-state index is 13.2. The Balaban J connectivity index is 2.02. The number of hydrogen-bond donors (Lipinski definition) is 9. The zero-order valence-electron chi connectivity index (χ0n) is 31.5. The monoisotopic (exact) mass is 788 g/mol. The van der Waals surface area contributed by atoms with Gasteiger partial charge in [-0.1, -0.05) is 35.9 Å². The van der Waals surface area contributed by atoms with Gasteiger partial charge in [-0.25, -0.2) is 0 Å². The molecular weight excluding hydrogens is 736 g/mol. The van der Waals surface area contributed by atoms with Crippen molar-refractivity contribution in [2.45, 2.75) is 82.8 Å². The number of carbonyl (C=O) groups excluding carboxylic acids is 7. The minimum absolute atomic E-state index is 0.130. The Morgan fingerprint density at radius 2 is 1.29 bits per heavy atom. The lowest BCUT2D eigenvalue weighted by atomic mass is 10.0. The molecule has 0 aliphatic carbocycles. The molecule has 6 amide bonds. The Kier molecular flexibility index (Phi) is 20.0. The number of unbranched alkanes of at least 4 members (excludes halogenated alkanes) is 1. The maximum absolute atomic E-state index is 13.2. The summed E-state index contributed by atoms with van der Waals surface area (Å²) in [4.78, 5) is 90.4. The number of aliphatic hydroxyl groups excluding tert-OH is 1. The number of rotatable bonds is 23. The van der Waals surface area contributed by atoms with Crippen molar-refractivity contribution in [1.82, 2.24) is 31.9 Å². The molecule has 0 unspecified atom stereocenters. The number of halogens is 1. The van der Waals surface area contributed by atoms with Crippen LogP contribution in [-0.4, -0.2) is 116 Å². The molecule has 0 aliphatic heterocycles. The topological polar surface area (TPSA) is 273 Å². The van der Waals surface area contributed by atoms with Crippen molar-refractivity contribution >= 4 is 52.8 Å². The molecule has 0 bridgehead atoms. The predicted octanol–water partition coefficient (Wildman–Crippen LogP) is -0.725. The van der Waals surface area contributed by atoms with Crippen LogP contribution in [0.25, 0.3) is 11.1 Å². The second kappa shape index (κ2) is 23.8. The summed E-state index contributed by atoms with van der Waals surface area (Å²) in [6, 6.07) is 7.25. The fraction of sp³-hybridized carbons (Fsp3) is 0.486. The van der Waals surface area contributed by atoms with E-state index in [1.54, 1.807) is 36.4 Å². The van der Waals surface area contributed by atoms with Crippen LogP contribution >= 0.6 is 11.6 Å². The first kappa shape index (κ1) is 46.2. The zero-order chi connectivity index (χ0) is 41.1. The minimum Gasteiger partial charge on any atom is -0.391 e. The minimum atomic E-state index is -1.57. The van der Waals surface area contributed by atoms with E-state index in [0.717, 1.165) is 11.1 Å². The van der Waals surface area contributed by atoms with Gasteiger partial charge in [0.2, 0.25) is 29.4 Å². The zero-order valence-corrected chi connectivity index (χ0v) is 32.2. The van der Waals surface area contributed by atoms with E-state index in [1.165, 1.54) is 27.9 Å². The lowest BCUT2D eigenvalue weighted by molar-refractivity contribution is -0.140. The highest BCUT2D eigenvalue weighted by Crippen LogP contribution is 2.22. The molecule has 0 aromatic heterocycles. The molecule has 6 atom stereocenters. The molecule has 0 saturated heterocycles. The van der Waals surface area contributed by atoms with Gasteiger partial charge in [-0.3, -0.25) is 33.6 Å². The summed E-state index contributed by atoms with van der Waals surface area (Å²) in [6.45, 7) is 4.47. The summed E-state index contributed by atoms with van der Waals surface area (Å²) in [7, 11) is 1.50. The van der Waals surface area contributed by atoms with Crippen molar-refractivity contribution in [3.63, 3.8) is 0 Å². The van der Waals surface area contributed by atoms with E-state index in [1.807, 2.05) is 12.1 Å². The number of aliphatic hydroxyl groups is 1. The highest BCUT2D eigenvalue weighted by atomic mass is 35.5. The Labute approximate surface area is 325 Å². The molecule has 18 heteroatoms. The van der Waals surface area contributed by atoms with Gasteiger partial charge in [-0.2, -0.15) is 0 Å². The summed E-state index contributed by atoms with van der Waals surface area (Å²) < 4.78 is 4.90. The van der Waals surface area contributed by atoms with Crippen LogP contribution in [0.4, 0.5) is 0 Å². The van der Waals surface area contributed by atoms with Gasteiger partial charge in [-0.15, -0.1) is 0 Å². The quantitative estimate of drug-likeness (QED) is 0.0501. The van der Waals surface area contributed by atoms with Crippen LogP contribution in [0.3, 0.4) is 0 Å². The molecule has 2 aromatic carbocycles. The SMILES string of the molecule is COCCCNC(=O)C(=O)[C@H](C)NC(=O)[C@H](CCCCN)NC(=O)[C@H](C)NC(=O)[C@@H](NC(=O)[C@H](CN)NC(=O)c1ccc(-c2ccc(Cl)cc2)cc1)[C@@H](C)O. The molecule has 55 heavy (non-hydrogen) atoms. The Morgan fingerprint density at radius 3 is 1.85 bits per heavy atom. The van der Waals surface area contributed by atoms with Crippen LogP contribution < -0.4 is 43.4 Å². The molecule has 2 rings (SSSR count). The second-order valence-corrected chi connectivity index (χ2v) is 13.3. The van der Waals surface area contributed by atoms with Gasteiger partial charge < -0.3 is 53.2 Å². The smallest absolute Gasteiger partial charge is 0.289 e. The summed E-state index contributed by atoms with van der Waals surface area (Å²) in [5, 5.41) is 25.7. The Morgan fingerprint density at radius 1 is 0.709 bits per heavy atom. The average Bonchev–Trinajstić information content (AvgIpc) is 3.16. The summed E-state index contributed by atoms with van der Waals surface area (Å²) >= 11 is 5.96. The average molecular weight is 789 g/mol. The van der Waals surface area contributed by atoms with Crippen molar-refractivity contribution in [2.75, 3.05) is 33.4 Å². The predicted molar refractivity (Wildman–Crippen MR) is 205 cm³/mol. The second-order valence-electron chi connectivity index (χ2n) is 12.8. The first-order chi connectivity index (χ1) is 26.1. The van der Waals surface area contributed by atoms with E-state index in [2.05, 4.69) is 31.9 Å². The van der Waals surface area contributed by atoms with Crippen LogP contribution in [0, 0.1) is 0 Å². The van der Waals surface area contributed by atoms with Crippen molar-refractivity contribution in [3.8, 4) is 11.1 Å². The third kappa shape index (κ3) is 15.4. The number of nitrogens with one attached hydrogen (secondary N) is 6. The molecule has 0 fully saturated rings. The van der Waals surface area contributed by atoms with Crippen LogP contribution in [0.2, 0.25) is 5.02 Å². The first-order valence-corrected chi connectivity index (χ1v) is 18.3. The lowest BCUT2D eigenvalue weighted by Gasteiger charge is -2.26. The molecule has 0 saturated carbocycles. The van der Waals surface area contributed by atoms with Crippen LogP contribution in [0.15, 0.2) is 48.5 Å². The number of Topliss-reactive ketones (excluding diaryl/α,β-unsaturated/α-hetero) is 1. The van der Waals surface area contributed by atoms with Gasteiger partial charge in [0.15, 0.2) is 0 Å². The van der Waals surface area contributed by atoms with E-state index in [0.29, 0.717) is 37.4 Å². The largest absolute Gasteiger partial charge is 0.391 e. The number of amides is 6. The number of ketones is 1. The number of hydrogen-bond acceptors (Lipinski definition) is 11. The molecular formula is C37H53ClN8O9. The van der Waals surface area contributed by atoms with E-state index in [-0.39, 0.29) is 25.1 Å². The Bertz CT molecular complexity index is 1610. The fourth-order valence-corrected chi connectivity index (χ4v) is 5.22. The van der Waals surface area contributed by atoms with Gasteiger partial charge in [-0.05, 0) is 88.4 Å². The van der Waals surface area contributed by atoms with Crippen molar-refractivity contribution in [2.24, 2.45) is 11.5 Å². The van der Waals surface area contributed by atoms with Gasteiger partial charge in [0.25, 0.3) is 11.8 Å². The lowest BCUT2D eigenvalue weighted by Crippen LogP contribution is -2.61. The van der Waals surface area contributed by atoms with Gasteiger partial charge in [0, 0.05) is 37.4 Å². The third-order valence-electron chi connectivity index (χ3n) is 8.36. The maximum Gasteiger partial charge on any atom is 0.289 e. The number of benzene rings is 2. The summed E-state index contributed by atoms with van der Waals surface area (Å²) in [6.07, 6.45) is 0.132. The first-order valence-electron chi connectivity index (χ1n) is 17.9. The fourth-order valence-electron chi connectivity index (χ4n) is 5.10. The molecule has 0 spiro atoms. The molecule has 302 valence electrons. The summed E-state index contributed by atoms with van der Waals surface area (Å²) in [5.74, 6) is -5.71. The van der Waals surface area contributed by atoms with Crippen molar-refractivity contribution in [3.05, 3.63) is 59.1 Å².